The second kappa shape index (κ2) is 8.82. The Morgan fingerprint density at radius 3 is 2.55 bits per heavy atom. The summed E-state index contributed by atoms with van der Waals surface area (Å²) >= 11 is 0. The maximum Gasteiger partial charge on any atom is 0.411 e. The molecule has 0 aromatic heterocycles. The van der Waals surface area contributed by atoms with E-state index in [-0.39, 0.29) is 12.4 Å². The first-order valence-electron chi connectivity index (χ1n) is 7.01. The maximum atomic E-state index is 11.3. The number of amides is 1. The number of ether oxygens (including phenoxy) is 1. The molecule has 20 heavy (non-hydrogen) atoms. The van der Waals surface area contributed by atoms with Gasteiger partial charge in [-0.3, -0.25) is 5.32 Å². The predicted octanol–water partition coefficient (Wildman–Crippen LogP) is 3.22. The number of hydrogen-bond acceptors (Lipinski definition) is 3. The average Bonchev–Trinajstić information content (AvgIpc) is 2.42. The van der Waals surface area contributed by atoms with Crippen LogP contribution in [0.2, 0.25) is 0 Å². The molecule has 1 aromatic rings. The van der Waals surface area contributed by atoms with Gasteiger partial charge in [-0.25, -0.2) is 4.79 Å². The molecule has 1 heterocycles. The van der Waals surface area contributed by atoms with E-state index in [1.165, 1.54) is 18.4 Å². The number of carbonyl (C=O) groups is 1. The fourth-order valence-electron chi connectivity index (χ4n) is 2.43. The Bertz CT molecular complexity index is 403. The van der Waals surface area contributed by atoms with Crippen molar-refractivity contribution in [2.75, 3.05) is 25.0 Å². The topological polar surface area (TPSA) is 50.4 Å². The second-order valence-corrected chi connectivity index (χ2v) is 4.94. The predicted molar refractivity (Wildman–Crippen MR) is 83.6 cm³/mol. The number of hydrogen-bond donors (Lipinski definition) is 2. The molecule has 2 N–H and O–H groups in total. The van der Waals surface area contributed by atoms with Gasteiger partial charge in [0, 0.05) is 5.69 Å². The third-order valence-electron chi connectivity index (χ3n) is 3.46. The van der Waals surface area contributed by atoms with Gasteiger partial charge in [0.25, 0.3) is 0 Å². The van der Waals surface area contributed by atoms with E-state index in [2.05, 4.69) is 22.8 Å². The van der Waals surface area contributed by atoms with Crippen LogP contribution in [0.4, 0.5) is 10.5 Å². The van der Waals surface area contributed by atoms with Crippen LogP contribution in [0.5, 0.6) is 0 Å². The molecule has 5 heteroatoms. The van der Waals surface area contributed by atoms with Crippen LogP contribution in [0, 0.1) is 5.92 Å². The van der Waals surface area contributed by atoms with E-state index in [0.717, 1.165) is 31.1 Å². The number of halogens is 1. The van der Waals surface area contributed by atoms with Crippen molar-refractivity contribution >= 4 is 24.2 Å². The number of anilines is 1. The minimum atomic E-state index is -0.395. The molecule has 0 aliphatic carbocycles. The van der Waals surface area contributed by atoms with Crippen molar-refractivity contribution in [3.05, 3.63) is 29.8 Å². The SMILES string of the molecule is CCOC(=O)Nc1ccc(CC2CCNCC2)cc1.Cl. The Balaban J connectivity index is 0.00000200. The molecular formula is C15H23ClN2O2. The Hall–Kier alpha value is -1.26. The number of benzene rings is 1. The summed E-state index contributed by atoms with van der Waals surface area (Å²) in [5.41, 5.74) is 2.12. The zero-order chi connectivity index (χ0) is 13.5. The van der Waals surface area contributed by atoms with Gasteiger partial charge in [0.15, 0.2) is 0 Å². The molecule has 0 radical (unpaired) electrons. The molecule has 1 amide bonds. The number of carbonyl (C=O) groups excluding carboxylic acids is 1. The van der Waals surface area contributed by atoms with Gasteiger partial charge in [-0.15, -0.1) is 12.4 Å². The van der Waals surface area contributed by atoms with Gasteiger partial charge in [-0.05, 0) is 62.9 Å². The van der Waals surface area contributed by atoms with E-state index in [1.807, 2.05) is 12.1 Å². The lowest BCUT2D eigenvalue weighted by atomic mass is 9.91. The molecule has 0 saturated carbocycles. The standard InChI is InChI=1S/C15H22N2O2.ClH/c1-2-19-15(18)17-14-5-3-12(4-6-14)11-13-7-9-16-10-8-13;/h3-6,13,16H,2,7-11H2,1H3,(H,17,18);1H. The fourth-order valence-corrected chi connectivity index (χ4v) is 2.43. The highest BCUT2D eigenvalue weighted by Gasteiger charge is 2.13. The highest BCUT2D eigenvalue weighted by Crippen LogP contribution is 2.19. The molecule has 0 spiro atoms. The Morgan fingerprint density at radius 1 is 1.30 bits per heavy atom. The van der Waals surface area contributed by atoms with Crippen molar-refractivity contribution in [3.8, 4) is 0 Å². The molecule has 1 aromatic carbocycles. The van der Waals surface area contributed by atoms with Crippen LogP contribution in [-0.2, 0) is 11.2 Å². The van der Waals surface area contributed by atoms with Crippen molar-refractivity contribution in [1.29, 1.82) is 0 Å². The Labute approximate surface area is 126 Å². The molecule has 1 fully saturated rings. The van der Waals surface area contributed by atoms with E-state index < -0.39 is 6.09 Å². The Kier molecular flexibility index (Phi) is 7.41. The highest BCUT2D eigenvalue weighted by molar-refractivity contribution is 5.85. The van der Waals surface area contributed by atoms with Crippen LogP contribution >= 0.6 is 12.4 Å². The third-order valence-corrected chi connectivity index (χ3v) is 3.46. The first-order valence-corrected chi connectivity index (χ1v) is 7.01. The zero-order valence-electron chi connectivity index (χ0n) is 11.9. The van der Waals surface area contributed by atoms with Crippen molar-refractivity contribution in [2.45, 2.75) is 26.2 Å². The van der Waals surface area contributed by atoms with E-state index in [1.54, 1.807) is 6.92 Å². The van der Waals surface area contributed by atoms with Gasteiger partial charge in [-0.2, -0.15) is 0 Å². The summed E-state index contributed by atoms with van der Waals surface area (Å²) in [5, 5.41) is 6.08. The molecule has 1 aliphatic rings. The summed E-state index contributed by atoms with van der Waals surface area (Å²) in [4.78, 5) is 11.3. The Morgan fingerprint density at radius 2 is 1.95 bits per heavy atom. The number of rotatable bonds is 4. The fraction of sp³-hybridized carbons (Fsp3) is 0.533. The maximum absolute atomic E-state index is 11.3. The largest absolute Gasteiger partial charge is 0.450 e. The molecular weight excluding hydrogens is 276 g/mol. The van der Waals surface area contributed by atoms with E-state index in [4.69, 9.17) is 4.74 Å². The normalized spacial score (nSPS) is 15.2. The van der Waals surface area contributed by atoms with Crippen LogP contribution in [0.15, 0.2) is 24.3 Å². The van der Waals surface area contributed by atoms with Crippen molar-refractivity contribution in [1.82, 2.24) is 5.32 Å². The summed E-state index contributed by atoms with van der Waals surface area (Å²) in [6, 6.07) is 8.05. The van der Waals surface area contributed by atoms with Crippen LogP contribution in [-0.4, -0.2) is 25.8 Å². The lowest BCUT2D eigenvalue weighted by molar-refractivity contribution is 0.168. The summed E-state index contributed by atoms with van der Waals surface area (Å²) in [7, 11) is 0. The first-order chi connectivity index (χ1) is 9.28. The van der Waals surface area contributed by atoms with Crippen molar-refractivity contribution in [3.63, 3.8) is 0 Å². The van der Waals surface area contributed by atoms with E-state index >= 15 is 0 Å². The first kappa shape index (κ1) is 16.8. The summed E-state index contributed by atoms with van der Waals surface area (Å²) in [6.07, 6.45) is 3.24. The molecule has 0 bridgehead atoms. The van der Waals surface area contributed by atoms with Crippen LogP contribution in [0.1, 0.15) is 25.3 Å². The second-order valence-electron chi connectivity index (χ2n) is 4.94. The van der Waals surface area contributed by atoms with Gasteiger partial charge >= 0.3 is 6.09 Å². The van der Waals surface area contributed by atoms with Crippen molar-refractivity contribution < 1.29 is 9.53 Å². The van der Waals surface area contributed by atoms with Crippen molar-refractivity contribution in [2.24, 2.45) is 5.92 Å². The van der Waals surface area contributed by atoms with Gasteiger partial charge < -0.3 is 10.1 Å². The summed E-state index contributed by atoms with van der Waals surface area (Å²) < 4.78 is 4.84. The van der Waals surface area contributed by atoms with Gasteiger partial charge in [0.05, 0.1) is 6.61 Å². The average molecular weight is 299 g/mol. The minimum absolute atomic E-state index is 0. The number of nitrogens with one attached hydrogen (secondary N) is 2. The molecule has 1 saturated heterocycles. The molecule has 0 unspecified atom stereocenters. The quantitative estimate of drug-likeness (QED) is 0.897. The van der Waals surface area contributed by atoms with Crippen LogP contribution in [0.3, 0.4) is 0 Å². The van der Waals surface area contributed by atoms with Crippen LogP contribution < -0.4 is 10.6 Å². The third kappa shape index (κ3) is 5.39. The monoisotopic (exact) mass is 298 g/mol. The highest BCUT2D eigenvalue weighted by atomic mass is 35.5. The molecule has 0 atom stereocenters. The molecule has 4 nitrogen and oxygen atoms in total. The van der Waals surface area contributed by atoms with Gasteiger partial charge in [0.2, 0.25) is 0 Å². The molecule has 1 aliphatic heterocycles. The van der Waals surface area contributed by atoms with E-state index in [9.17, 15) is 4.79 Å². The van der Waals surface area contributed by atoms with Gasteiger partial charge in [0.1, 0.15) is 0 Å². The summed E-state index contributed by atoms with van der Waals surface area (Å²) in [6.45, 7) is 4.45. The van der Waals surface area contributed by atoms with Crippen LogP contribution in [0.25, 0.3) is 0 Å². The molecule has 112 valence electrons. The summed E-state index contributed by atoms with van der Waals surface area (Å²) in [5.74, 6) is 0.783. The zero-order valence-corrected chi connectivity index (χ0v) is 12.7. The van der Waals surface area contributed by atoms with E-state index in [0.29, 0.717) is 6.61 Å². The lowest BCUT2D eigenvalue weighted by Gasteiger charge is -2.22. The number of piperidine rings is 1. The lowest BCUT2D eigenvalue weighted by Crippen LogP contribution is -2.28. The molecule has 2 rings (SSSR count). The minimum Gasteiger partial charge on any atom is -0.450 e. The smallest absolute Gasteiger partial charge is 0.411 e. The van der Waals surface area contributed by atoms with Gasteiger partial charge in [-0.1, -0.05) is 12.1 Å².